The van der Waals surface area contributed by atoms with Crippen LogP contribution in [0.4, 0.5) is 4.39 Å². The molecule has 110 valence electrons. The number of allylic oxidation sites excluding steroid dienone is 2. The lowest BCUT2D eigenvalue weighted by Gasteiger charge is -2.23. The number of halogens is 1. The van der Waals surface area contributed by atoms with Gasteiger partial charge < -0.3 is 15.8 Å². The molecule has 0 aromatic heterocycles. The molecule has 1 unspecified atom stereocenters. The molecule has 0 saturated carbocycles. The summed E-state index contributed by atoms with van der Waals surface area (Å²) in [5, 5.41) is 3.11. The van der Waals surface area contributed by atoms with Gasteiger partial charge in [0.15, 0.2) is 0 Å². The SMILES string of the molecule is CCOC1=CC=C(NCc2ccc(F)cc2)C(=C=O)C1N. The van der Waals surface area contributed by atoms with Gasteiger partial charge in [-0.15, -0.1) is 0 Å². The first kappa shape index (κ1) is 15.0. The largest absolute Gasteiger partial charge is 0.496 e. The van der Waals surface area contributed by atoms with E-state index in [9.17, 15) is 9.18 Å². The Kier molecular flexibility index (Phi) is 4.93. The molecule has 5 heteroatoms. The average molecular weight is 288 g/mol. The standard InChI is InChI=1S/C16H17FN2O2/c1-2-21-15-8-7-14(13(10-20)16(15)18)19-9-11-3-5-12(17)6-4-11/h3-8,16,19H,2,9,18H2,1H3. The van der Waals surface area contributed by atoms with Crippen LogP contribution in [0.5, 0.6) is 0 Å². The van der Waals surface area contributed by atoms with Crippen molar-refractivity contribution in [2.45, 2.75) is 19.5 Å². The Morgan fingerprint density at radius 3 is 2.67 bits per heavy atom. The Bertz CT molecular complexity index is 614. The topological polar surface area (TPSA) is 64.3 Å². The Balaban J connectivity index is 2.11. The minimum absolute atomic E-state index is 0.282. The molecule has 4 nitrogen and oxygen atoms in total. The maximum absolute atomic E-state index is 12.8. The van der Waals surface area contributed by atoms with Crippen molar-refractivity contribution >= 4 is 5.94 Å². The van der Waals surface area contributed by atoms with Gasteiger partial charge in [-0.2, -0.15) is 0 Å². The maximum Gasteiger partial charge on any atom is 0.132 e. The highest BCUT2D eigenvalue weighted by molar-refractivity contribution is 5.66. The fraction of sp³-hybridized carbons (Fsp3) is 0.250. The molecule has 0 heterocycles. The van der Waals surface area contributed by atoms with Gasteiger partial charge in [-0.1, -0.05) is 12.1 Å². The van der Waals surface area contributed by atoms with Crippen LogP contribution in [0.3, 0.4) is 0 Å². The van der Waals surface area contributed by atoms with Crippen LogP contribution in [0, 0.1) is 5.82 Å². The van der Waals surface area contributed by atoms with Crippen molar-refractivity contribution in [1.29, 1.82) is 0 Å². The first-order valence-corrected chi connectivity index (χ1v) is 6.69. The van der Waals surface area contributed by atoms with Crippen molar-refractivity contribution < 1.29 is 13.9 Å². The number of ether oxygens (including phenoxy) is 1. The number of carbonyl (C=O) groups excluding carboxylic acids is 1. The van der Waals surface area contributed by atoms with E-state index in [1.54, 1.807) is 24.3 Å². The maximum atomic E-state index is 12.8. The summed E-state index contributed by atoms with van der Waals surface area (Å²) in [6.07, 6.45) is 3.47. The van der Waals surface area contributed by atoms with E-state index in [-0.39, 0.29) is 5.82 Å². The third-order valence-corrected chi connectivity index (χ3v) is 3.14. The molecule has 0 saturated heterocycles. The summed E-state index contributed by atoms with van der Waals surface area (Å²) in [6.45, 7) is 2.80. The van der Waals surface area contributed by atoms with Gasteiger partial charge in [0.05, 0.1) is 17.9 Å². The van der Waals surface area contributed by atoms with Crippen LogP contribution < -0.4 is 11.1 Å². The second-order valence-corrected chi connectivity index (χ2v) is 4.56. The molecule has 21 heavy (non-hydrogen) atoms. The summed E-state index contributed by atoms with van der Waals surface area (Å²) in [4.78, 5) is 11.1. The monoisotopic (exact) mass is 288 g/mol. The van der Waals surface area contributed by atoms with Crippen molar-refractivity contribution in [2.24, 2.45) is 5.73 Å². The first-order chi connectivity index (χ1) is 10.2. The van der Waals surface area contributed by atoms with E-state index in [2.05, 4.69) is 5.32 Å². The highest BCUT2D eigenvalue weighted by Crippen LogP contribution is 2.21. The van der Waals surface area contributed by atoms with Crippen LogP contribution in [0.15, 0.2) is 53.4 Å². The van der Waals surface area contributed by atoms with E-state index in [4.69, 9.17) is 10.5 Å². The second-order valence-electron chi connectivity index (χ2n) is 4.56. The molecule has 1 atom stereocenters. The molecular formula is C16H17FN2O2. The van der Waals surface area contributed by atoms with E-state index < -0.39 is 6.04 Å². The van der Waals surface area contributed by atoms with Gasteiger partial charge in [0.25, 0.3) is 0 Å². The number of hydrogen-bond acceptors (Lipinski definition) is 4. The Morgan fingerprint density at radius 2 is 2.05 bits per heavy atom. The molecule has 1 aromatic carbocycles. The highest BCUT2D eigenvalue weighted by atomic mass is 19.1. The minimum atomic E-state index is -0.622. The number of rotatable bonds is 5. The number of hydrogen-bond donors (Lipinski definition) is 2. The van der Waals surface area contributed by atoms with Crippen molar-refractivity contribution in [2.75, 3.05) is 6.61 Å². The van der Waals surface area contributed by atoms with E-state index in [1.165, 1.54) is 12.1 Å². The predicted molar refractivity (Wildman–Crippen MR) is 78.2 cm³/mol. The van der Waals surface area contributed by atoms with Crippen LogP contribution in [-0.2, 0) is 16.1 Å². The first-order valence-electron chi connectivity index (χ1n) is 6.69. The van der Waals surface area contributed by atoms with Gasteiger partial charge in [-0.05, 0) is 36.8 Å². The highest BCUT2D eigenvalue weighted by Gasteiger charge is 2.23. The quantitative estimate of drug-likeness (QED) is 0.811. The lowest BCUT2D eigenvalue weighted by atomic mass is 9.98. The third kappa shape index (κ3) is 3.60. The fourth-order valence-electron chi connectivity index (χ4n) is 2.05. The smallest absolute Gasteiger partial charge is 0.132 e. The number of nitrogens with two attached hydrogens (primary N) is 1. The zero-order valence-electron chi connectivity index (χ0n) is 11.7. The lowest BCUT2D eigenvalue weighted by molar-refractivity contribution is 0.214. The molecule has 0 fully saturated rings. The van der Waals surface area contributed by atoms with Crippen LogP contribution in [0.1, 0.15) is 12.5 Å². The summed E-state index contributed by atoms with van der Waals surface area (Å²) in [7, 11) is 0. The summed E-state index contributed by atoms with van der Waals surface area (Å²) >= 11 is 0. The third-order valence-electron chi connectivity index (χ3n) is 3.14. The van der Waals surface area contributed by atoms with Gasteiger partial charge >= 0.3 is 0 Å². The number of benzene rings is 1. The molecule has 1 aliphatic carbocycles. The van der Waals surface area contributed by atoms with Crippen molar-refractivity contribution in [3.8, 4) is 0 Å². The van der Waals surface area contributed by atoms with E-state index in [0.29, 0.717) is 30.2 Å². The molecule has 0 amide bonds. The van der Waals surface area contributed by atoms with Crippen LogP contribution in [0.25, 0.3) is 0 Å². The lowest BCUT2D eigenvalue weighted by Crippen LogP contribution is -2.33. The molecule has 0 bridgehead atoms. The van der Waals surface area contributed by atoms with Gasteiger partial charge in [-0.3, -0.25) is 0 Å². The van der Waals surface area contributed by atoms with E-state index in [0.717, 1.165) is 5.56 Å². The van der Waals surface area contributed by atoms with E-state index >= 15 is 0 Å². The molecular weight excluding hydrogens is 271 g/mol. The molecule has 3 N–H and O–H groups in total. The van der Waals surface area contributed by atoms with Gasteiger partial charge in [0.1, 0.15) is 23.6 Å². The summed E-state index contributed by atoms with van der Waals surface area (Å²) in [5.74, 6) is 2.13. The summed E-state index contributed by atoms with van der Waals surface area (Å²) in [5.41, 5.74) is 7.80. The zero-order chi connectivity index (χ0) is 15.2. The minimum Gasteiger partial charge on any atom is -0.496 e. The van der Waals surface area contributed by atoms with Gasteiger partial charge in [-0.25, -0.2) is 9.18 Å². The van der Waals surface area contributed by atoms with Crippen molar-refractivity contribution in [3.05, 3.63) is 64.8 Å². The van der Waals surface area contributed by atoms with Gasteiger partial charge in [0.2, 0.25) is 0 Å². The van der Waals surface area contributed by atoms with Crippen LogP contribution >= 0.6 is 0 Å². The Morgan fingerprint density at radius 1 is 1.33 bits per heavy atom. The molecule has 0 aliphatic heterocycles. The zero-order valence-corrected chi connectivity index (χ0v) is 11.7. The Hall–Kier alpha value is -2.36. The predicted octanol–water partition coefficient (Wildman–Crippen LogP) is 1.82. The molecule has 0 spiro atoms. The molecule has 0 radical (unpaired) electrons. The van der Waals surface area contributed by atoms with Crippen LogP contribution in [-0.4, -0.2) is 18.6 Å². The molecule has 2 rings (SSSR count). The fourth-order valence-corrected chi connectivity index (χ4v) is 2.05. The molecule has 1 aliphatic rings. The molecule has 1 aromatic rings. The van der Waals surface area contributed by atoms with Crippen molar-refractivity contribution in [1.82, 2.24) is 5.32 Å². The van der Waals surface area contributed by atoms with Gasteiger partial charge in [0, 0.05) is 6.54 Å². The summed E-state index contributed by atoms with van der Waals surface area (Å²) < 4.78 is 18.2. The van der Waals surface area contributed by atoms with E-state index in [1.807, 2.05) is 12.9 Å². The van der Waals surface area contributed by atoms with Crippen molar-refractivity contribution in [3.63, 3.8) is 0 Å². The summed E-state index contributed by atoms with van der Waals surface area (Å²) in [6, 6.07) is 5.51. The normalized spacial score (nSPS) is 17.7. The average Bonchev–Trinajstić information content (AvgIpc) is 2.49. The van der Waals surface area contributed by atoms with Crippen LogP contribution in [0.2, 0.25) is 0 Å². The Labute approximate surface area is 122 Å². The second kappa shape index (κ2) is 6.88. The number of nitrogens with one attached hydrogen (secondary N) is 1.